The van der Waals surface area contributed by atoms with Gasteiger partial charge in [-0.1, -0.05) is 20.8 Å². The molecule has 0 aromatic carbocycles. The SMILES string of the molecule is C[C@H]1CC[C@H]2[C@@H]3CC[C@H]4C[C@H](O)[C@@H](OCCO)C[C@]4(C)[C@H]3CC[C@]12C. The summed E-state index contributed by atoms with van der Waals surface area (Å²) >= 11 is 0. The van der Waals surface area contributed by atoms with E-state index in [1.165, 1.54) is 38.5 Å². The minimum atomic E-state index is -0.346. The van der Waals surface area contributed by atoms with Crippen LogP contribution in [0.2, 0.25) is 0 Å². The Morgan fingerprint density at radius 2 is 1.76 bits per heavy atom. The number of fused-ring (bicyclic) bond motifs is 5. The van der Waals surface area contributed by atoms with Crippen LogP contribution in [0.5, 0.6) is 0 Å². The van der Waals surface area contributed by atoms with Crippen molar-refractivity contribution >= 4 is 0 Å². The summed E-state index contributed by atoms with van der Waals surface area (Å²) in [5.41, 5.74) is 0.890. The molecule has 0 spiro atoms. The predicted octanol–water partition coefficient (Wildman–Crippen LogP) is 4.01. The maximum absolute atomic E-state index is 10.6. The van der Waals surface area contributed by atoms with Gasteiger partial charge in [-0.2, -0.15) is 0 Å². The van der Waals surface area contributed by atoms with Gasteiger partial charge in [0.1, 0.15) is 0 Å². The van der Waals surface area contributed by atoms with E-state index >= 15 is 0 Å². The van der Waals surface area contributed by atoms with Crippen LogP contribution >= 0.6 is 0 Å². The average molecular weight is 351 g/mol. The zero-order chi connectivity index (χ0) is 17.8. The minimum absolute atomic E-state index is 0.0493. The molecule has 4 aliphatic carbocycles. The van der Waals surface area contributed by atoms with Crippen LogP contribution in [0.1, 0.15) is 72.1 Å². The number of aliphatic hydroxyl groups excluding tert-OH is 2. The van der Waals surface area contributed by atoms with Crippen LogP contribution in [-0.2, 0) is 4.74 Å². The van der Waals surface area contributed by atoms with Gasteiger partial charge in [-0.15, -0.1) is 0 Å². The van der Waals surface area contributed by atoms with Crippen molar-refractivity contribution in [2.75, 3.05) is 13.2 Å². The van der Waals surface area contributed by atoms with Gasteiger partial charge in [-0.25, -0.2) is 0 Å². The van der Waals surface area contributed by atoms with E-state index in [9.17, 15) is 5.11 Å². The Balaban J connectivity index is 1.57. The van der Waals surface area contributed by atoms with Crippen LogP contribution in [0, 0.1) is 40.4 Å². The molecule has 0 aromatic heterocycles. The molecule has 0 aromatic rings. The lowest BCUT2D eigenvalue weighted by Crippen LogP contribution is -2.57. The first-order valence-electron chi connectivity index (χ1n) is 10.8. The van der Waals surface area contributed by atoms with Crippen molar-refractivity contribution in [2.24, 2.45) is 40.4 Å². The van der Waals surface area contributed by atoms with Crippen LogP contribution in [0.3, 0.4) is 0 Å². The molecular weight excluding hydrogens is 312 g/mol. The van der Waals surface area contributed by atoms with Crippen LogP contribution < -0.4 is 0 Å². The molecule has 4 saturated carbocycles. The number of rotatable bonds is 3. The summed E-state index contributed by atoms with van der Waals surface area (Å²) < 4.78 is 5.86. The fourth-order valence-corrected chi connectivity index (χ4v) is 7.89. The van der Waals surface area contributed by atoms with Crippen molar-refractivity contribution in [1.82, 2.24) is 0 Å². The first-order valence-corrected chi connectivity index (χ1v) is 10.8. The summed E-state index contributed by atoms with van der Waals surface area (Å²) in [4.78, 5) is 0. The smallest absolute Gasteiger partial charge is 0.0840 e. The largest absolute Gasteiger partial charge is 0.394 e. The lowest BCUT2D eigenvalue weighted by atomic mass is 9.44. The highest BCUT2D eigenvalue weighted by atomic mass is 16.5. The van der Waals surface area contributed by atoms with Crippen LogP contribution in [-0.4, -0.2) is 35.6 Å². The Morgan fingerprint density at radius 1 is 1.00 bits per heavy atom. The van der Waals surface area contributed by atoms with Crippen molar-refractivity contribution in [1.29, 1.82) is 0 Å². The quantitative estimate of drug-likeness (QED) is 0.808. The van der Waals surface area contributed by atoms with Gasteiger partial charge < -0.3 is 14.9 Å². The monoisotopic (exact) mass is 350 g/mol. The zero-order valence-corrected chi connectivity index (χ0v) is 16.4. The maximum Gasteiger partial charge on any atom is 0.0840 e. The third kappa shape index (κ3) is 2.72. The normalized spacial score (nSPS) is 55.3. The highest BCUT2D eigenvalue weighted by Gasteiger charge is 2.60. The summed E-state index contributed by atoms with van der Waals surface area (Å²) in [5, 5.41) is 19.7. The summed E-state index contributed by atoms with van der Waals surface area (Å²) in [6, 6.07) is 0. The van der Waals surface area contributed by atoms with E-state index in [0.717, 1.165) is 36.5 Å². The first-order chi connectivity index (χ1) is 11.9. The molecule has 0 radical (unpaired) electrons. The van der Waals surface area contributed by atoms with E-state index < -0.39 is 0 Å². The van der Waals surface area contributed by atoms with Gasteiger partial charge >= 0.3 is 0 Å². The van der Waals surface area contributed by atoms with E-state index in [2.05, 4.69) is 20.8 Å². The number of hydrogen-bond donors (Lipinski definition) is 2. The lowest BCUT2D eigenvalue weighted by Gasteiger charge is -2.61. The van der Waals surface area contributed by atoms with E-state index in [4.69, 9.17) is 9.84 Å². The minimum Gasteiger partial charge on any atom is -0.394 e. The van der Waals surface area contributed by atoms with Gasteiger partial charge in [0.05, 0.1) is 25.4 Å². The van der Waals surface area contributed by atoms with Gasteiger partial charge in [0.2, 0.25) is 0 Å². The molecule has 0 heterocycles. The van der Waals surface area contributed by atoms with Gasteiger partial charge in [0, 0.05) is 0 Å². The van der Waals surface area contributed by atoms with Crippen molar-refractivity contribution in [3.8, 4) is 0 Å². The van der Waals surface area contributed by atoms with Crippen molar-refractivity contribution in [3.63, 3.8) is 0 Å². The fraction of sp³-hybridized carbons (Fsp3) is 1.00. The van der Waals surface area contributed by atoms with Crippen molar-refractivity contribution in [2.45, 2.75) is 84.3 Å². The van der Waals surface area contributed by atoms with Crippen LogP contribution in [0.15, 0.2) is 0 Å². The van der Waals surface area contributed by atoms with Gasteiger partial charge in [-0.3, -0.25) is 0 Å². The lowest BCUT2D eigenvalue weighted by molar-refractivity contribution is -0.173. The van der Waals surface area contributed by atoms with Gasteiger partial charge in [-0.05, 0) is 91.8 Å². The molecule has 0 amide bonds. The van der Waals surface area contributed by atoms with E-state index in [1.807, 2.05) is 0 Å². The topological polar surface area (TPSA) is 49.7 Å². The van der Waals surface area contributed by atoms with Gasteiger partial charge in [0.15, 0.2) is 0 Å². The molecule has 4 fully saturated rings. The number of hydrogen-bond acceptors (Lipinski definition) is 3. The molecule has 2 N–H and O–H groups in total. The molecule has 4 aliphatic rings. The highest BCUT2D eigenvalue weighted by molar-refractivity contribution is 5.09. The third-order valence-electron chi connectivity index (χ3n) is 9.56. The van der Waals surface area contributed by atoms with Gasteiger partial charge in [0.25, 0.3) is 0 Å². The Labute approximate surface area is 153 Å². The van der Waals surface area contributed by atoms with E-state index in [0.29, 0.717) is 23.4 Å². The van der Waals surface area contributed by atoms with Crippen molar-refractivity contribution < 1.29 is 14.9 Å². The molecule has 3 heteroatoms. The molecule has 0 saturated heterocycles. The molecule has 25 heavy (non-hydrogen) atoms. The van der Waals surface area contributed by atoms with E-state index in [-0.39, 0.29) is 18.8 Å². The van der Waals surface area contributed by atoms with Crippen LogP contribution in [0.4, 0.5) is 0 Å². The molecule has 3 nitrogen and oxygen atoms in total. The van der Waals surface area contributed by atoms with E-state index in [1.54, 1.807) is 0 Å². The molecule has 0 unspecified atom stereocenters. The molecule has 9 atom stereocenters. The standard InChI is InChI=1S/C22H38O3/c1-14-4-7-17-16-6-5-15-12-19(24)20(25-11-10-23)13-22(15,3)18(16)8-9-21(14,17)2/h14-20,23-24H,4-13H2,1-3H3/t14-,15-,16-,17-,18-,19-,20-,21+,22-/m0/s1. The maximum atomic E-state index is 10.6. The fourth-order valence-electron chi connectivity index (χ4n) is 7.89. The van der Waals surface area contributed by atoms with Crippen molar-refractivity contribution in [3.05, 3.63) is 0 Å². The second-order valence-corrected chi connectivity index (χ2v) is 10.3. The molecule has 0 aliphatic heterocycles. The Hall–Kier alpha value is -0.120. The Bertz CT molecular complexity index is 494. The average Bonchev–Trinajstić information content (AvgIpc) is 2.89. The highest BCUT2D eigenvalue weighted by Crippen LogP contribution is 2.67. The summed E-state index contributed by atoms with van der Waals surface area (Å²) in [6.07, 6.45) is 9.76. The first kappa shape index (κ1) is 18.3. The molecule has 4 rings (SSSR count). The third-order valence-corrected chi connectivity index (χ3v) is 9.56. The second-order valence-electron chi connectivity index (χ2n) is 10.3. The molecular formula is C22H38O3. The number of ether oxygens (including phenoxy) is 1. The summed E-state index contributed by atoms with van der Waals surface area (Å²) in [6.45, 7) is 7.99. The van der Waals surface area contributed by atoms with Crippen LogP contribution in [0.25, 0.3) is 0 Å². The predicted molar refractivity (Wildman–Crippen MR) is 99.1 cm³/mol. The summed E-state index contributed by atoms with van der Waals surface area (Å²) in [7, 11) is 0. The Morgan fingerprint density at radius 3 is 2.52 bits per heavy atom. The number of aliphatic hydroxyl groups is 2. The summed E-state index contributed by atoms with van der Waals surface area (Å²) in [5.74, 6) is 4.16. The Kier molecular flexibility index (Phi) is 4.74. The molecule has 0 bridgehead atoms. The second kappa shape index (κ2) is 6.49. The zero-order valence-electron chi connectivity index (χ0n) is 16.4. The molecule has 144 valence electrons.